The van der Waals surface area contributed by atoms with Crippen LogP contribution in [-0.4, -0.2) is 6.54 Å². The minimum absolute atomic E-state index is 0.420. The molecule has 0 aromatic heterocycles. The van der Waals surface area contributed by atoms with E-state index >= 15 is 0 Å². The molecule has 0 radical (unpaired) electrons. The van der Waals surface area contributed by atoms with Crippen LogP contribution in [0.4, 0.5) is 0 Å². The Kier molecular flexibility index (Phi) is 4.57. The lowest BCUT2D eigenvalue weighted by molar-refractivity contribution is 0.580. The maximum Gasteiger partial charge on any atom is 0.0292 e. The van der Waals surface area contributed by atoms with Crippen LogP contribution in [0.5, 0.6) is 0 Å². The molecule has 0 aliphatic carbocycles. The van der Waals surface area contributed by atoms with Gasteiger partial charge in [-0.3, -0.25) is 0 Å². The maximum absolute atomic E-state index is 3.72. The molecule has 1 aromatic carbocycles. The Morgan fingerprint density at radius 1 is 1.27 bits per heavy atom. The first-order chi connectivity index (χ1) is 7.13. The minimum Gasteiger partial charge on any atom is -0.310 e. The van der Waals surface area contributed by atoms with Gasteiger partial charge >= 0.3 is 0 Å². The second-order valence-electron chi connectivity index (χ2n) is 4.17. The molecule has 1 nitrogen and oxygen atoms in total. The first-order valence-electron chi connectivity index (χ1n) is 5.56. The van der Waals surface area contributed by atoms with Gasteiger partial charge < -0.3 is 5.32 Å². The highest BCUT2D eigenvalue weighted by Gasteiger charge is 2.04. The molecular formula is C14H21N. The summed E-state index contributed by atoms with van der Waals surface area (Å²) in [6.45, 7) is 11.2. The number of rotatable bonds is 5. The van der Waals surface area contributed by atoms with E-state index in [1.54, 1.807) is 0 Å². The minimum atomic E-state index is 0.420. The van der Waals surface area contributed by atoms with E-state index in [0.29, 0.717) is 6.04 Å². The first kappa shape index (κ1) is 12.0. The Balaban J connectivity index is 2.64. The summed E-state index contributed by atoms with van der Waals surface area (Å²) in [4.78, 5) is 0. The van der Waals surface area contributed by atoms with Crippen LogP contribution < -0.4 is 5.32 Å². The van der Waals surface area contributed by atoms with E-state index in [4.69, 9.17) is 0 Å². The average Bonchev–Trinajstić information content (AvgIpc) is 2.16. The van der Waals surface area contributed by atoms with E-state index in [2.05, 4.69) is 50.9 Å². The van der Waals surface area contributed by atoms with Gasteiger partial charge in [0, 0.05) is 6.04 Å². The maximum atomic E-state index is 3.72. The molecule has 0 heterocycles. The van der Waals surface area contributed by atoms with Crippen molar-refractivity contribution in [2.75, 3.05) is 6.54 Å². The van der Waals surface area contributed by atoms with Gasteiger partial charge in [0.25, 0.3) is 0 Å². The Morgan fingerprint density at radius 3 is 2.40 bits per heavy atom. The van der Waals surface area contributed by atoms with Crippen molar-refractivity contribution in [1.82, 2.24) is 5.32 Å². The van der Waals surface area contributed by atoms with Crippen LogP contribution >= 0.6 is 0 Å². The molecule has 0 aliphatic heterocycles. The zero-order valence-corrected chi connectivity index (χ0v) is 10.0. The molecular weight excluding hydrogens is 182 g/mol. The highest BCUT2D eigenvalue weighted by atomic mass is 14.9. The van der Waals surface area contributed by atoms with E-state index in [9.17, 15) is 0 Å². The second-order valence-corrected chi connectivity index (χ2v) is 4.17. The first-order valence-corrected chi connectivity index (χ1v) is 5.56. The molecule has 1 unspecified atom stereocenters. The number of hydrogen-bond acceptors (Lipinski definition) is 1. The average molecular weight is 203 g/mol. The van der Waals surface area contributed by atoms with E-state index in [0.717, 1.165) is 13.0 Å². The largest absolute Gasteiger partial charge is 0.310 e. The Morgan fingerprint density at radius 2 is 1.87 bits per heavy atom. The third-order valence-corrected chi connectivity index (χ3v) is 2.54. The number of aryl methyl sites for hydroxylation is 2. The van der Waals surface area contributed by atoms with Crippen molar-refractivity contribution < 1.29 is 0 Å². The molecule has 82 valence electrons. The molecule has 1 N–H and O–H groups in total. The zero-order chi connectivity index (χ0) is 11.3. The molecule has 0 spiro atoms. The van der Waals surface area contributed by atoms with Crippen molar-refractivity contribution in [1.29, 1.82) is 0 Å². The summed E-state index contributed by atoms with van der Waals surface area (Å²) in [7, 11) is 0. The molecule has 1 atom stereocenters. The highest BCUT2D eigenvalue weighted by Crippen LogP contribution is 2.16. The molecule has 1 rings (SSSR count). The molecule has 1 heteroatoms. The van der Waals surface area contributed by atoms with Gasteiger partial charge in [0.05, 0.1) is 0 Å². The van der Waals surface area contributed by atoms with Gasteiger partial charge in [-0.15, -0.1) is 6.58 Å². The lowest BCUT2D eigenvalue weighted by atomic mass is 10.0. The van der Waals surface area contributed by atoms with Crippen molar-refractivity contribution in [3.8, 4) is 0 Å². The SMILES string of the molecule is C=CCCNC(C)c1cc(C)cc(C)c1. The summed E-state index contributed by atoms with van der Waals surface area (Å²) < 4.78 is 0. The highest BCUT2D eigenvalue weighted by molar-refractivity contribution is 5.30. The molecule has 0 amide bonds. The topological polar surface area (TPSA) is 12.0 Å². The van der Waals surface area contributed by atoms with E-state index < -0.39 is 0 Å². The van der Waals surface area contributed by atoms with E-state index in [-0.39, 0.29) is 0 Å². The monoisotopic (exact) mass is 203 g/mol. The Hall–Kier alpha value is -1.08. The molecule has 0 bridgehead atoms. The fourth-order valence-electron chi connectivity index (χ4n) is 1.78. The number of hydrogen-bond donors (Lipinski definition) is 1. The predicted octanol–water partition coefficient (Wildman–Crippen LogP) is 3.53. The van der Waals surface area contributed by atoms with Crippen LogP contribution in [0.2, 0.25) is 0 Å². The summed E-state index contributed by atoms with van der Waals surface area (Å²) in [5, 5.41) is 3.48. The third kappa shape index (κ3) is 3.88. The Bertz CT molecular complexity index is 308. The molecule has 0 saturated carbocycles. The van der Waals surface area contributed by atoms with Gasteiger partial charge in [-0.1, -0.05) is 35.4 Å². The van der Waals surface area contributed by atoms with Gasteiger partial charge in [0.2, 0.25) is 0 Å². The normalized spacial score (nSPS) is 12.5. The number of nitrogens with one attached hydrogen (secondary N) is 1. The summed E-state index contributed by atoms with van der Waals surface area (Å²) in [5.41, 5.74) is 4.04. The van der Waals surface area contributed by atoms with E-state index in [1.165, 1.54) is 16.7 Å². The number of benzene rings is 1. The van der Waals surface area contributed by atoms with Crippen LogP contribution in [0.1, 0.15) is 36.1 Å². The van der Waals surface area contributed by atoms with Crippen molar-refractivity contribution in [3.63, 3.8) is 0 Å². The molecule has 15 heavy (non-hydrogen) atoms. The fraction of sp³-hybridized carbons (Fsp3) is 0.429. The van der Waals surface area contributed by atoms with Gasteiger partial charge in [0.15, 0.2) is 0 Å². The van der Waals surface area contributed by atoms with Crippen LogP contribution in [-0.2, 0) is 0 Å². The smallest absolute Gasteiger partial charge is 0.0292 e. The summed E-state index contributed by atoms with van der Waals surface area (Å²) >= 11 is 0. The van der Waals surface area contributed by atoms with Crippen molar-refractivity contribution in [2.24, 2.45) is 0 Å². The van der Waals surface area contributed by atoms with Gasteiger partial charge in [-0.2, -0.15) is 0 Å². The second kappa shape index (κ2) is 5.72. The van der Waals surface area contributed by atoms with Crippen molar-refractivity contribution in [2.45, 2.75) is 33.2 Å². The Labute approximate surface area is 93.2 Å². The predicted molar refractivity (Wildman–Crippen MR) is 67.1 cm³/mol. The van der Waals surface area contributed by atoms with Crippen LogP contribution in [0.25, 0.3) is 0 Å². The summed E-state index contributed by atoms with van der Waals surface area (Å²) in [6, 6.07) is 7.13. The van der Waals surface area contributed by atoms with Gasteiger partial charge in [-0.05, 0) is 39.3 Å². The van der Waals surface area contributed by atoms with Crippen molar-refractivity contribution in [3.05, 3.63) is 47.5 Å². The molecule has 0 saturated heterocycles. The summed E-state index contributed by atoms with van der Waals surface area (Å²) in [5.74, 6) is 0. The molecule has 0 fully saturated rings. The van der Waals surface area contributed by atoms with Crippen LogP contribution in [0.3, 0.4) is 0 Å². The summed E-state index contributed by atoms with van der Waals surface area (Å²) in [6.07, 6.45) is 2.97. The lowest BCUT2D eigenvalue weighted by Crippen LogP contribution is -2.19. The quantitative estimate of drug-likeness (QED) is 0.570. The molecule has 1 aromatic rings. The lowest BCUT2D eigenvalue weighted by Gasteiger charge is -2.15. The van der Waals surface area contributed by atoms with Crippen LogP contribution in [0, 0.1) is 13.8 Å². The van der Waals surface area contributed by atoms with Crippen LogP contribution in [0.15, 0.2) is 30.9 Å². The van der Waals surface area contributed by atoms with Gasteiger partial charge in [0.1, 0.15) is 0 Å². The zero-order valence-electron chi connectivity index (χ0n) is 10.0. The van der Waals surface area contributed by atoms with Gasteiger partial charge in [-0.25, -0.2) is 0 Å². The molecule has 0 aliphatic rings. The third-order valence-electron chi connectivity index (χ3n) is 2.54. The fourth-order valence-corrected chi connectivity index (χ4v) is 1.78. The van der Waals surface area contributed by atoms with E-state index in [1.807, 2.05) is 6.08 Å². The van der Waals surface area contributed by atoms with Crippen molar-refractivity contribution >= 4 is 0 Å². The standard InChI is InChI=1S/C14H21N/c1-5-6-7-15-13(4)14-9-11(2)8-12(3)10-14/h5,8-10,13,15H,1,6-7H2,2-4H3.